The normalized spacial score (nSPS) is 11.0. The number of carbonyl (C=O) groups excluding carboxylic acids is 1. The van der Waals surface area contributed by atoms with Crippen LogP contribution in [0.4, 0.5) is 0 Å². The number of carbonyl (C=O) groups is 1. The van der Waals surface area contributed by atoms with Gasteiger partial charge in [-0.1, -0.05) is 6.92 Å². The van der Waals surface area contributed by atoms with Gasteiger partial charge < -0.3 is 18.6 Å². The van der Waals surface area contributed by atoms with Crippen molar-refractivity contribution < 1.29 is 23.4 Å². The Morgan fingerprint density at radius 1 is 1.27 bits per heavy atom. The van der Waals surface area contributed by atoms with E-state index in [4.69, 9.17) is 26.1 Å². The number of nitrogens with one attached hydrogen (secondary N) is 1. The van der Waals surface area contributed by atoms with Crippen molar-refractivity contribution in [3.8, 4) is 11.5 Å². The number of aryl methyl sites for hydroxylation is 1. The van der Waals surface area contributed by atoms with Gasteiger partial charge >= 0.3 is 5.97 Å². The fraction of sp³-hybridized carbons (Fsp3) is 0.300. The third-order valence-electron chi connectivity index (χ3n) is 4.04. The Bertz CT molecular complexity index is 1100. The van der Waals surface area contributed by atoms with E-state index < -0.39 is 5.97 Å². The van der Waals surface area contributed by atoms with Crippen molar-refractivity contribution in [3.63, 3.8) is 0 Å². The molecule has 30 heavy (non-hydrogen) atoms. The van der Waals surface area contributed by atoms with Crippen molar-refractivity contribution in [1.29, 1.82) is 0 Å². The number of furan rings is 1. The topological polar surface area (TPSA) is 104 Å². The zero-order chi connectivity index (χ0) is 21.5. The number of methoxy groups -OCH3 is 1. The van der Waals surface area contributed by atoms with Gasteiger partial charge in [0.2, 0.25) is 10.5 Å². The number of benzene rings is 1. The first-order valence-corrected chi connectivity index (χ1v) is 9.73. The van der Waals surface area contributed by atoms with E-state index in [1.54, 1.807) is 29.1 Å². The summed E-state index contributed by atoms with van der Waals surface area (Å²) in [6.45, 7) is 4.47. The molecule has 2 aromatic heterocycles. The molecule has 0 saturated heterocycles. The lowest BCUT2D eigenvalue weighted by Crippen LogP contribution is -2.01. The molecule has 0 aliphatic heterocycles. The molecule has 0 saturated carbocycles. The summed E-state index contributed by atoms with van der Waals surface area (Å²) < 4.78 is 23.6. The summed E-state index contributed by atoms with van der Waals surface area (Å²) in [6.07, 6.45) is 2.37. The van der Waals surface area contributed by atoms with E-state index in [0.717, 1.165) is 11.4 Å². The van der Waals surface area contributed by atoms with Gasteiger partial charge in [0.1, 0.15) is 12.4 Å². The number of nitrogens with zero attached hydrogens (tertiary/aromatic N) is 3. The van der Waals surface area contributed by atoms with Crippen molar-refractivity contribution in [2.24, 2.45) is 5.10 Å². The lowest BCUT2D eigenvalue weighted by molar-refractivity contribution is 0.0561. The van der Waals surface area contributed by atoms with E-state index in [-0.39, 0.29) is 12.4 Å². The third kappa shape index (κ3) is 4.95. The van der Waals surface area contributed by atoms with Crippen LogP contribution in [0.15, 0.2) is 39.9 Å². The van der Waals surface area contributed by atoms with Gasteiger partial charge in [0.05, 0.1) is 19.9 Å². The first kappa shape index (κ1) is 21.3. The highest BCUT2D eigenvalue weighted by Gasteiger charge is 2.13. The molecule has 3 aromatic rings. The lowest BCUT2D eigenvalue weighted by atomic mass is 10.2. The summed E-state index contributed by atoms with van der Waals surface area (Å²) in [5, 5.41) is 11.3. The van der Waals surface area contributed by atoms with E-state index >= 15 is 0 Å². The number of rotatable bonds is 9. The molecule has 1 N–H and O–H groups in total. The Morgan fingerprint density at radius 3 is 2.83 bits per heavy atom. The fourth-order valence-electron chi connectivity index (χ4n) is 2.60. The predicted molar refractivity (Wildman–Crippen MR) is 112 cm³/mol. The number of aromatic nitrogens is 3. The molecule has 0 atom stereocenters. The fourth-order valence-corrected chi connectivity index (χ4v) is 2.80. The first-order chi connectivity index (χ1) is 14.5. The van der Waals surface area contributed by atoms with Crippen LogP contribution in [0.1, 0.15) is 41.6 Å². The molecule has 0 aliphatic carbocycles. The van der Waals surface area contributed by atoms with Gasteiger partial charge in [-0.05, 0) is 55.0 Å². The molecule has 0 spiro atoms. The molecule has 0 bridgehead atoms. The highest BCUT2D eigenvalue weighted by Crippen LogP contribution is 2.29. The summed E-state index contributed by atoms with van der Waals surface area (Å²) in [4.78, 5) is 11.5. The van der Waals surface area contributed by atoms with Gasteiger partial charge in [0, 0.05) is 6.42 Å². The molecule has 0 unspecified atom stereocenters. The van der Waals surface area contributed by atoms with Gasteiger partial charge in [-0.25, -0.2) is 4.79 Å². The van der Waals surface area contributed by atoms with Gasteiger partial charge in [-0.3, -0.25) is 5.10 Å². The summed E-state index contributed by atoms with van der Waals surface area (Å²) in [5.74, 6) is 1.92. The molecule has 9 nitrogen and oxygen atoms in total. The molecule has 1 aromatic carbocycles. The second-order valence-electron chi connectivity index (χ2n) is 6.04. The molecule has 0 fully saturated rings. The summed E-state index contributed by atoms with van der Waals surface area (Å²) in [7, 11) is 1.30. The SMILES string of the molecule is CCOc1cc(/C=N/n2c(CC)n[nH]c2=S)ccc1OCc1ccc(C(=O)OC)o1. The van der Waals surface area contributed by atoms with Crippen LogP contribution in [-0.4, -0.2) is 40.8 Å². The second kappa shape index (κ2) is 9.88. The van der Waals surface area contributed by atoms with Gasteiger partial charge in [0.25, 0.3) is 0 Å². The maximum absolute atomic E-state index is 11.5. The van der Waals surface area contributed by atoms with E-state index in [2.05, 4.69) is 20.0 Å². The van der Waals surface area contributed by atoms with Crippen LogP contribution < -0.4 is 9.47 Å². The highest BCUT2D eigenvalue weighted by atomic mass is 32.1. The molecule has 0 amide bonds. The van der Waals surface area contributed by atoms with Crippen molar-refractivity contribution in [1.82, 2.24) is 14.9 Å². The average Bonchev–Trinajstić information content (AvgIpc) is 3.37. The summed E-state index contributed by atoms with van der Waals surface area (Å²) in [5.41, 5.74) is 0.807. The number of aromatic amines is 1. The second-order valence-corrected chi connectivity index (χ2v) is 6.43. The molecule has 158 valence electrons. The van der Waals surface area contributed by atoms with Crippen molar-refractivity contribution in [3.05, 3.63) is 58.0 Å². The van der Waals surface area contributed by atoms with Crippen LogP contribution in [0.5, 0.6) is 11.5 Å². The molecule has 0 radical (unpaired) electrons. The van der Waals surface area contributed by atoms with Crippen LogP contribution in [-0.2, 0) is 17.8 Å². The number of ether oxygens (including phenoxy) is 3. The lowest BCUT2D eigenvalue weighted by Gasteiger charge is -2.11. The van der Waals surface area contributed by atoms with Crippen LogP contribution in [0, 0.1) is 4.77 Å². The van der Waals surface area contributed by atoms with Crippen LogP contribution in [0.2, 0.25) is 0 Å². The number of hydrogen-bond acceptors (Lipinski definition) is 8. The molecule has 0 aliphatic rings. The Kier molecular flexibility index (Phi) is 7.02. The minimum absolute atomic E-state index is 0.122. The quantitative estimate of drug-likeness (QED) is 0.313. The number of hydrogen-bond donors (Lipinski definition) is 1. The van der Waals surface area contributed by atoms with E-state index in [1.807, 2.05) is 26.0 Å². The van der Waals surface area contributed by atoms with Crippen molar-refractivity contribution >= 4 is 24.4 Å². The summed E-state index contributed by atoms with van der Waals surface area (Å²) in [6, 6.07) is 8.65. The van der Waals surface area contributed by atoms with E-state index in [0.29, 0.717) is 35.1 Å². The van der Waals surface area contributed by atoms with Crippen LogP contribution in [0.25, 0.3) is 0 Å². The Hall–Kier alpha value is -3.40. The van der Waals surface area contributed by atoms with Gasteiger partial charge in [-0.15, -0.1) is 0 Å². The third-order valence-corrected chi connectivity index (χ3v) is 4.31. The first-order valence-electron chi connectivity index (χ1n) is 9.33. The Morgan fingerprint density at radius 2 is 2.10 bits per heavy atom. The van der Waals surface area contributed by atoms with Gasteiger partial charge in [0.15, 0.2) is 17.3 Å². The molecule has 3 rings (SSSR count). The minimum atomic E-state index is -0.538. The number of esters is 1. The van der Waals surface area contributed by atoms with Crippen LogP contribution in [0.3, 0.4) is 0 Å². The van der Waals surface area contributed by atoms with Crippen LogP contribution >= 0.6 is 12.2 Å². The highest BCUT2D eigenvalue weighted by molar-refractivity contribution is 7.71. The monoisotopic (exact) mass is 430 g/mol. The molecular formula is C20H22N4O5S. The zero-order valence-corrected chi connectivity index (χ0v) is 17.7. The number of H-pyrrole nitrogens is 1. The average molecular weight is 430 g/mol. The van der Waals surface area contributed by atoms with Gasteiger partial charge in [-0.2, -0.15) is 14.9 Å². The predicted octanol–water partition coefficient (Wildman–Crippen LogP) is 3.74. The smallest absolute Gasteiger partial charge is 0.373 e. The molecule has 2 heterocycles. The van der Waals surface area contributed by atoms with E-state index in [1.165, 1.54) is 7.11 Å². The Labute approximate surface area is 178 Å². The van der Waals surface area contributed by atoms with Crippen molar-refractivity contribution in [2.75, 3.05) is 13.7 Å². The van der Waals surface area contributed by atoms with E-state index in [9.17, 15) is 4.79 Å². The maximum Gasteiger partial charge on any atom is 0.373 e. The summed E-state index contributed by atoms with van der Waals surface area (Å²) >= 11 is 5.20. The largest absolute Gasteiger partial charge is 0.490 e. The molecular weight excluding hydrogens is 408 g/mol. The zero-order valence-electron chi connectivity index (χ0n) is 16.9. The maximum atomic E-state index is 11.5. The standard InChI is InChI=1S/C20H22N4O5S/c1-4-18-22-23-20(30)24(18)21-11-13-6-8-15(17(10-13)27-5-2)28-12-14-7-9-16(29-14)19(25)26-3/h6-11H,4-5,12H2,1-3H3,(H,23,30)/b21-11+. The minimum Gasteiger partial charge on any atom is -0.490 e. The van der Waals surface area contributed by atoms with Crippen molar-refractivity contribution in [2.45, 2.75) is 26.9 Å². The Balaban J connectivity index is 1.75. The molecule has 10 heteroatoms.